The van der Waals surface area contributed by atoms with E-state index in [0.29, 0.717) is 5.69 Å². The zero-order chi connectivity index (χ0) is 11.8. The number of aromatic nitrogens is 1. The summed E-state index contributed by atoms with van der Waals surface area (Å²) < 4.78 is 4.71. The third-order valence-corrected chi connectivity index (χ3v) is 2.58. The molecule has 0 aliphatic carbocycles. The molecule has 1 N–H and O–H groups in total. The van der Waals surface area contributed by atoms with Crippen molar-refractivity contribution >= 4 is 0 Å². The third kappa shape index (κ3) is 2.08. The zero-order valence-corrected chi connectivity index (χ0v) is 9.70. The van der Waals surface area contributed by atoms with Gasteiger partial charge in [0.2, 0.25) is 0 Å². The Hall–Kier alpha value is -1.77. The smallest absolute Gasteiger partial charge is 0.416 e. The lowest BCUT2D eigenvalue weighted by Gasteiger charge is -2.18. The van der Waals surface area contributed by atoms with Crippen LogP contribution >= 0.6 is 0 Å². The lowest BCUT2D eigenvalue weighted by molar-refractivity contribution is 0.515. The topological polar surface area (TPSA) is 46.0 Å². The summed E-state index contributed by atoms with van der Waals surface area (Å²) in [4.78, 5) is 13.5. The van der Waals surface area contributed by atoms with E-state index in [4.69, 9.17) is 4.42 Å². The molecule has 84 valence electrons. The van der Waals surface area contributed by atoms with Crippen molar-refractivity contribution in [3.63, 3.8) is 0 Å². The molecule has 1 aromatic carbocycles. The van der Waals surface area contributed by atoms with Crippen molar-refractivity contribution < 1.29 is 4.42 Å². The summed E-state index contributed by atoms with van der Waals surface area (Å²) in [6.07, 6.45) is 1.44. The second-order valence-electron chi connectivity index (χ2n) is 4.89. The van der Waals surface area contributed by atoms with Gasteiger partial charge in [0, 0.05) is 5.56 Å². The molecule has 0 fully saturated rings. The molecule has 0 saturated heterocycles. The van der Waals surface area contributed by atoms with Crippen LogP contribution in [0.4, 0.5) is 0 Å². The number of hydrogen-bond donors (Lipinski definition) is 1. The second kappa shape index (κ2) is 3.67. The first-order valence-electron chi connectivity index (χ1n) is 5.25. The monoisotopic (exact) mass is 217 g/mol. The highest BCUT2D eigenvalue weighted by Gasteiger charge is 2.13. The van der Waals surface area contributed by atoms with Crippen molar-refractivity contribution in [2.75, 3.05) is 0 Å². The van der Waals surface area contributed by atoms with Crippen molar-refractivity contribution in [2.45, 2.75) is 26.2 Å². The quantitative estimate of drug-likeness (QED) is 0.798. The fourth-order valence-corrected chi connectivity index (χ4v) is 1.57. The first-order valence-corrected chi connectivity index (χ1v) is 5.25. The van der Waals surface area contributed by atoms with Crippen molar-refractivity contribution in [3.05, 3.63) is 46.6 Å². The molecule has 3 nitrogen and oxygen atoms in total. The molecule has 2 aromatic rings. The lowest BCUT2D eigenvalue weighted by Crippen LogP contribution is -2.10. The summed E-state index contributed by atoms with van der Waals surface area (Å²) in [7, 11) is 0. The van der Waals surface area contributed by atoms with E-state index in [1.807, 2.05) is 12.1 Å². The minimum absolute atomic E-state index is 0.141. The van der Waals surface area contributed by atoms with E-state index in [2.05, 4.69) is 37.9 Å². The Balaban J connectivity index is 2.36. The SMILES string of the molecule is CC(C)(C)c1ccc(-c2coc(=O)[nH]2)cc1. The van der Waals surface area contributed by atoms with Crippen LogP contribution in [0, 0.1) is 0 Å². The number of oxazole rings is 1. The molecule has 2 rings (SSSR count). The van der Waals surface area contributed by atoms with Gasteiger partial charge in [-0.3, -0.25) is 4.98 Å². The number of aromatic amines is 1. The van der Waals surface area contributed by atoms with Crippen molar-refractivity contribution in [1.82, 2.24) is 4.98 Å². The van der Waals surface area contributed by atoms with Gasteiger partial charge in [-0.15, -0.1) is 0 Å². The van der Waals surface area contributed by atoms with Crippen molar-refractivity contribution in [2.24, 2.45) is 0 Å². The van der Waals surface area contributed by atoms with Crippen molar-refractivity contribution in [1.29, 1.82) is 0 Å². The lowest BCUT2D eigenvalue weighted by atomic mass is 9.86. The molecule has 1 heterocycles. The molecule has 0 amide bonds. The summed E-state index contributed by atoms with van der Waals surface area (Å²) in [5, 5.41) is 0. The zero-order valence-electron chi connectivity index (χ0n) is 9.70. The minimum atomic E-state index is -0.421. The Bertz CT molecular complexity index is 526. The maximum Gasteiger partial charge on any atom is 0.416 e. The van der Waals surface area contributed by atoms with Gasteiger partial charge in [-0.25, -0.2) is 4.79 Å². The van der Waals surface area contributed by atoms with Gasteiger partial charge in [0.1, 0.15) is 6.26 Å². The molecule has 0 bridgehead atoms. The first kappa shape index (κ1) is 10.7. The Kier molecular flexibility index (Phi) is 2.46. The maximum absolute atomic E-state index is 10.9. The summed E-state index contributed by atoms with van der Waals surface area (Å²) in [5.41, 5.74) is 3.08. The summed E-state index contributed by atoms with van der Waals surface area (Å²) in [6.45, 7) is 6.51. The van der Waals surface area contributed by atoms with Crippen LogP contribution in [0.2, 0.25) is 0 Å². The molecule has 0 saturated carbocycles. The number of nitrogens with one attached hydrogen (secondary N) is 1. The van der Waals surface area contributed by atoms with Crippen molar-refractivity contribution in [3.8, 4) is 11.3 Å². The average Bonchev–Trinajstić information content (AvgIpc) is 2.64. The van der Waals surface area contributed by atoms with Crippen LogP contribution < -0.4 is 5.76 Å². The van der Waals surface area contributed by atoms with Gasteiger partial charge in [-0.05, 0) is 11.0 Å². The molecule has 0 spiro atoms. The van der Waals surface area contributed by atoms with E-state index in [1.54, 1.807) is 0 Å². The largest absolute Gasteiger partial charge is 0.416 e. The number of benzene rings is 1. The Morgan fingerprint density at radius 1 is 1.12 bits per heavy atom. The molecule has 3 heteroatoms. The highest BCUT2D eigenvalue weighted by molar-refractivity contribution is 5.58. The van der Waals surface area contributed by atoms with E-state index < -0.39 is 5.76 Å². The number of hydrogen-bond acceptors (Lipinski definition) is 2. The Morgan fingerprint density at radius 3 is 2.19 bits per heavy atom. The fraction of sp³-hybridized carbons (Fsp3) is 0.308. The highest BCUT2D eigenvalue weighted by Crippen LogP contribution is 2.24. The number of H-pyrrole nitrogens is 1. The Labute approximate surface area is 94.1 Å². The van der Waals surface area contributed by atoms with Crippen LogP contribution in [0.15, 0.2) is 39.7 Å². The fourth-order valence-electron chi connectivity index (χ4n) is 1.57. The van der Waals surface area contributed by atoms with Crippen LogP contribution in [0.1, 0.15) is 26.3 Å². The predicted octanol–water partition coefficient (Wildman–Crippen LogP) is 2.93. The van der Waals surface area contributed by atoms with E-state index in [1.165, 1.54) is 11.8 Å². The minimum Gasteiger partial charge on any atom is -0.416 e. The maximum atomic E-state index is 10.9. The predicted molar refractivity (Wildman–Crippen MR) is 63.5 cm³/mol. The van der Waals surface area contributed by atoms with Gasteiger partial charge < -0.3 is 4.42 Å². The molecule has 16 heavy (non-hydrogen) atoms. The molecule has 0 radical (unpaired) electrons. The van der Waals surface area contributed by atoms with Crippen LogP contribution in [-0.2, 0) is 5.41 Å². The van der Waals surface area contributed by atoms with Gasteiger partial charge in [0.05, 0.1) is 5.69 Å². The van der Waals surface area contributed by atoms with Gasteiger partial charge >= 0.3 is 5.76 Å². The average molecular weight is 217 g/mol. The molecule has 0 atom stereocenters. The van der Waals surface area contributed by atoms with Crippen LogP contribution in [0.3, 0.4) is 0 Å². The van der Waals surface area contributed by atoms with Gasteiger partial charge in [0.25, 0.3) is 0 Å². The summed E-state index contributed by atoms with van der Waals surface area (Å²) in [5.74, 6) is -0.421. The van der Waals surface area contributed by atoms with Crippen LogP contribution in [0.25, 0.3) is 11.3 Å². The van der Waals surface area contributed by atoms with Gasteiger partial charge in [0.15, 0.2) is 0 Å². The molecule has 1 aromatic heterocycles. The molecule has 0 aliphatic heterocycles. The van der Waals surface area contributed by atoms with E-state index in [-0.39, 0.29) is 5.41 Å². The standard InChI is InChI=1S/C13H15NO2/c1-13(2,3)10-6-4-9(5-7-10)11-8-16-12(15)14-11/h4-8H,1-3H3,(H,14,15). The first-order chi connectivity index (χ1) is 7.47. The van der Waals surface area contributed by atoms with Crippen LogP contribution in [0.5, 0.6) is 0 Å². The molecular weight excluding hydrogens is 202 g/mol. The normalized spacial score (nSPS) is 11.7. The molecular formula is C13H15NO2. The summed E-state index contributed by atoms with van der Waals surface area (Å²) >= 11 is 0. The highest BCUT2D eigenvalue weighted by atomic mass is 16.4. The van der Waals surface area contributed by atoms with E-state index in [0.717, 1.165) is 5.56 Å². The third-order valence-electron chi connectivity index (χ3n) is 2.58. The molecule has 0 aliphatic rings. The van der Waals surface area contributed by atoms with E-state index in [9.17, 15) is 4.79 Å². The Morgan fingerprint density at radius 2 is 1.75 bits per heavy atom. The van der Waals surface area contributed by atoms with Crippen LogP contribution in [-0.4, -0.2) is 4.98 Å². The van der Waals surface area contributed by atoms with Gasteiger partial charge in [-0.1, -0.05) is 45.0 Å². The van der Waals surface area contributed by atoms with E-state index >= 15 is 0 Å². The number of rotatable bonds is 1. The second-order valence-corrected chi connectivity index (χ2v) is 4.89. The van der Waals surface area contributed by atoms with Gasteiger partial charge in [-0.2, -0.15) is 0 Å². The molecule has 0 unspecified atom stereocenters. The summed E-state index contributed by atoms with van der Waals surface area (Å²) in [6, 6.07) is 8.12.